The summed E-state index contributed by atoms with van der Waals surface area (Å²) in [5.74, 6) is -2.32. The highest BCUT2D eigenvalue weighted by Crippen LogP contribution is 2.20. The molecule has 0 aromatic rings. The third kappa shape index (κ3) is 11.1. The van der Waals surface area contributed by atoms with Gasteiger partial charge in [0.2, 0.25) is 11.8 Å². The Labute approximate surface area is 200 Å². The number of nitrogens with one attached hydrogen (secondary N) is 2. The average molecular weight is 491 g/mol. The molecule has 0 aromatic carbocycles. The number of rotatable bonds is 17. The minimum atomic E-state index is -1.64. The molecule has 0 bridgehead atoms. The molecular weight excluding hydrogens is 448 g/mol. The van der Waals surface area contributed by atoms with Crippen LogP contribution in [0.2, 0.25) is 0 Å². The second-order valence-electron chi connectivity index (χ2n) is 8.89. The number of amides is 2. The molecule has 6 atom stereocenters. The van der Waals surface area contributed by atoms with E-state index in [9.17, 15) is 39.9 Å². The molecule has 7 N–H and O–H groups in total. The van der Waals surface area contributed by atoms with E-state index in [1.807, 2.05) is 0 Å². The summed E-state index contributed by atoms with van der Waals surface area (Å²) in [4.78, 5) is 35.8. The molecule has 1 saturated heterocycles. The predicted molar refractivity (Wildman–Crippen MR) is 123 cm³/mol. The van der Waals surface area contributed by atoms with Gasteiger partial charge in [-0.05, 0) is 12.8 Å². The SMILES string of the molecule is CCCCCCCCCCCC(=O)NC(CCC(=O)N[C@@H]1O[C@H](CO)[C@@H](O)[C@H](O)[C@H]1O)C(=O)O. The van der Waals surface area contributed by atoms with E-state index >= 15 is 0 Å². The predicted octanol–water partition coefficient (Wildman–Crippen LogP) is 0.173. The second kappa shape index (κ2) is 16.8. The highest BCUT2D eigenvalue weighted by atomic mass is 16.6. The van der Waals surface area contributed by atoms with Gasteiger partial charge in [0.1, 0.15) is 30.5 Å². The largest absolute Gasteiger partial charge is 0.480 e. The summed E-state index contributed by atoms with van der Waals surface area (Å²) >= 11 is 0. The first-order valence-electron chi connectivity index (χ1n) is 12.3. The molecule has 0 radical (unpaired) electrons. The van der Waals surface area contributed by atoms with Gasteiger partial charge in [-0.3, -0.25) is 9.59 Å². The highest BCUT2D eigenvalue weighted by molar-refractivity contribution is 5.84. The van der Waals surface area contributed by atoms with Crippen LogP contribution in [0, 0.1) is 0 Å². The van der Waals surface area contributed by atoms with Crippen LogP contribution in [0.15, 0.2) is 0 Å². The molecule has 11 heteroatoms. The quantitative estimate of drug-likeness (QED) is 0.140. The van der Waals surface area contributed by atoms with E-state index in [4.69, 9.17) is 4.74 Å². The van der Waals surface area contributed by atoms with E-state index in [-0.39, 0.29) is 25.2 Å². The van der Waals surface area contributed by atoms with E-state index in [0.717, 1.165) is 19.3 Å². The molecule has 1 aliphatic heterocycles. The number of aliphatic hydroxyl groups excluding tert-OH is 4. The van der Waals surface area contributed by atoms with Gasteiger partial charge in [-0.25, -0.2) is 4.79 Å². The van der Waals surface area contributed by atoms with Crippen LogP contribution in [-0.2, 0) is 19.1 Å². The van der Waals surface area contributed by atoms with E-state index < -0.39 is 55.2 Å². The summed E-state index contributed by atoms with van der Waals surface area (Å²) in [5.41, 5.74) is 0. The molecule has 0 aliphatic carbocycles. The maximum absolute atomic E-state index is 12.2. The van der Waals surface area contributed by atoms with Crippen molar-refractivity contribution in [3.63, 3.8) is 0 Å². The number of aliphatic carboxylic acids is 1. The molecule has 1 aliphatic rings. The fourth-order valence-corrected chi connectivity index (χ4v) is 3.85. The van der Waals surface area contributed by atoms with Crippen molar-refractivity contribution in [2.45, 2.75) is 121 Å². The molecule has 11 nitrogen and oxygen atoms in total. The molecule has 198 valence electrons. The molecule has 0 saturated carbocycles. The maximum atomic E-state index is 12.2. The third-order valence-electron chi connectivity index (χ3n) is 6.00. The Kier molecular flexibility index (Phi) is 14.9. The topological polar surface area (TPSA) is 186 Å². The number of hydrogen-bond acceptors (Lipinski definition) is 8. The Morgan fingerprint density at radius 1 is 0.824 bits per heavy atom. The molecule has 2 amide bonds. The standard InChI is InChI=1S/C23H42N2O9/c1-2-3-4-5-6-7-8-9-10-11-17(27)24-15(23(32)33)12-13-18(28)25-22-21(31)20(30)19(29)16(14-26)34-22/h15-16,19-22,26,29-31H,2-14H2,1H3,(H,24,27)(H,25,28)(H,32,33)/t15?,16-,19-,20+,21-,22-/m1/s1. The maximum Gasteiger partial charge on any atom is 0.326 e. The van der Waals surface area contributed by atoms with Crippen molar-refractivity contribution in [1.29, 1.82) is 0 Å². The molecule has 1 heterocycles. The lowest BCUT2D eigenvalue weighted by atomic mass is 9.98. The van der Waals surface area contributed by atoms with Crippen LogP contribution in [0.3, 0.4) is 0 Å². The number of carboxylic acids is 1. The van der Waals surface area contributed by atoms with Gasteiger partial charge in [0.05, 0.1) is 6.61 Å². The molecule has 0 spiro atoms. The normalized spacial score (nSPS) is 25.5. The monoisotopic (exact) mass is 490 g/mol. The first kappa shape index (κ1) is 30.2. The molecule has 34 heavy (non-hydrogen) atoms. The molecular formula is C23H42N2O9. The van der Waals surface area contributed by atoms with E-state index in [0.29, 0.717) is 6.42 Å². The van der Waals surface area contributed by atoms with Gasteiger partial charge >= 0.3 is 5.97 Å². The molecule has 1 rings (SSSR count). The lowest BCUT2D eigenvalue weighted by molar-refractivity contribution is -0.236. The van der Waals surface area contributed by atoms with Gasteiger partial charge < -0.3 is 40.9 Å². The van der Waals surface area contributed by atoms with Gasteiger partial charge in [0.25, 0.3) is 0 Å². The van der Waals surface area contributed by atoms with Gasteiger partial charge in [-0.2, -0.15) is 0 Å². The fourth-order valence-electron chi connectivity index (χ4n) is 3.85. The van der Waals surface area contributed by atoms with Crippen LogP contribution in [0.4, 0.5) is 0 Å². The van der Waals surface area contributed by atoms with Crippen LogP contribution in [0.25, 0.3) is 0 Å². The van der Waals surface area contributed by atoms with Gasteiger partial charge in [-0.15, -0.1) is 0 Å². The smallest absolute Gasteiger partial charge is 0.326 e. The van der Waals surface area contributed by atoms with Gasteiger partial charge in [0.15, 0.2) is 6.23 Å². The lowest BCUT2D eigenvalue weighted by Crippen LogP contribution is -2.63. The number of carbonyl (C=O) groups is 3. The van der Waals surface area contributed by atoms with Crippen molar-refractivity contribution < 1.29 is 44.7 Å². The van der Waals surface area contributed by atoms with Crippen molar-refractivity contribution >= 4 is 17.8 Å². The first-order valence-corrected chi connectivity index (χ1v) is 12.3. The highest BCUT2D eigenvalue weighted by Gasteiger charge is 2.43. The van der Waals surface area contributed by atoms with Crippen molar-refractivity contribution in [1.82, 2.24) is 10.6 Å². The van der Waals surface area contributed by atoms with Crippen molar-refractivity contribution in [2.24, 2.45) is 0 Å². The number of carboxylic acid groups (broad SMARTS) is 1. The van der Waals surface area contributed by atoms with Crippen molar-refractivity contribution in [3.05, 3.63) is 0 Å². The van der Waals surface area contributed by atoms with Crippen LogP contribution in [-0.4, -0.2) is 86.6 Å². The zero-order valence-corrected chi connectivity index (χ0v) is 20.0. The number of carbonyl (C=O) groups excluding carboxylic acids is 2. The first-order chi connectivity index (χ1) is 16.2. The molecule has 0 aromatic heterocycles. The zero-order chi connectivity index (χ0) is 25.5. The van der Waals surface area contributed by atoms with Gasteiger partial charge in [0, 0.05) is 12.8 Å². The Balaban J connectivity index is 2.32. The summed E-state index contributed by atoms with van der Waals surface area (Å²) in [6, 6.07) is -1.24. The van der Waals surface area contributed by atoms with E-state index in [2.05, 4.69) is 17.6 Å². The summed E-state index contributed by atoms with van der Waals surface area (Å²) < 4.78 is 5.19. The van der Waals surface area contributed by atoms with Crippen molar-refractivity contribution in [3.8, 4) is 0 Å². The Bertz CT molecular complexity index is 617. The minimum absolute atomic E-state index is 0.178. The van der Waals surface area contributed by atoms with E-state index in [1.165, 1.54) is 32.1 Å². The number of hydrogen-bond donors (Lipinski definition) is 7. The zero-order valence-electron chi connectivity index (χ0n) is 20.0. The second-order valence-corrected chi connectivity index (χ2v) is 8.89. The lowest BCUT2D eigenvalue weighted by Gasteiger charge is -2.40. The van der Waals surface area contributed by atoms with Crippen LogP contribution in [0.1, 0.15) is 84.0 Å². The summed E-state index contributed by atoms with van der Waals surface area (Å²) in [7, 11) is 0. The fraction of sp³-hybridized carbons (Fsp3) is 0.870. The Morgan fingerprint density at radius 2 is 1.41 bits per heavy atom. The minimum Gasteiger partial charge on any atom is -0.480 e. The van der Waals surface area contributed by atoms with Crippen LogP contribution >= 0.6 is 0 Å². The van der Waals surface area contributed by atoms with Crippen LogP contribution in [0.5, 0.6) is 0 Å². The van der Waals surface area contributed by atoms with E-state index in [1.54, 1.807) is 0 Å². The molecule has 1 fully saturated rings. The number of aliphatic hydroxyl groups is 4. The number of ether oxygens (including phenoxy) is 1. The summed E-state index contributed by atoms with van der Waals surface area (Å²) in [6.07, 6.45) is 2.30. The van der Waals surface area contributed by atoms with Crippen LogP contribution < -0.4 is 10.6 Å². The Morgan fingerprint density at radius 3 is 1.97 bits per heavy atom. The summed E-state index contributed by atoms with van der Waals surface area (Å²) in [6.45, 7) is 1.54. The number of unbranched alkanes of at least 4 members (excludes halogenated alkanes) is 8. The molecule has 1 unspecified atom stereocenters. The van der Waals surface area contributed by atoms with Crippen molar-refractivity contribution in [2.75, 3.05) is 6.61 Å². The average Bonchev–Trinajstić information content (AvgIpc) is 2.80. The third-order valence-corrected chi connectivity index (χ3v) is 6.00. The van der Waals surface area contributed by atoms with Gasteiger partial charge in [-0.1, -0.05) is 58.3 Å². The summed E-state index contributed by atoms with van der Waals surface area (Å²) in [5, 5.41) is 52.8. The Hall–Kier alpha value is -1.79.